The van der Waals surface area contributed by atoms with Gasteiger partial charge in [-0.15, -0.1) is 11.3 Å². The van der Waals surface area contributed by atoms with Crippen molar-refractivity contribution < 1.29 is 13.9 Å². The van der Waals surface area contributed by atoms with Crippen molar-refractivity contribution in [3.8, 4) is 0 Å². The first-order valence-electron chi connectivity index (χ1n) is 8.66. The van der Waals surface area contributed by atoms with Crippen LogP contribution in [-0.2, 0) is 4.74 Å². The summed E-state index contributed by atoms with van der Waals surface area (Å²) >= 11 is 1.24. The zero-order chi connectivity index (χ0) is 19.0. The number of ether oxygens (including phenoxy) is 1. The molecule has 1 aliphatic rings. The van der Waals surface area contributed by atoms with Gasteiger partial charge in [0, 0.05) is 30.1 Å². The Morgan fingerprint density at radius 2 is 2.33 bits per heavy atom. The number of aryl methyl sites for hydroxylation is 1. The number of H-pyrrole nitrogens is 1. The zero-order valence-electron chi connectivity index (χ0n) is 14.7. The van der Waals surface area contributed by atoms with Crippen molar-refractivity contribution in [2.24, 2.45) is 5.92 Å². The van der Waals surface area contributed by atoms with Crippen LogP contribution in [0.25, 0.3) is 10.2 Å². The highest BCUT2D eigenvalue weighted by molar-refractivity contribution is 7.17. The molecular formula is C19H18FN3O3S. The second kappa shape index (κ2) is 7.11. The normalized spacial score (nSPS) is 16.8. The number of fused-ring (bicyclic) bond motifs is 1. The SMILES string of the molecule is Cc1cc(N2CCC(COC(=O)c3csc4nc[nH]c(=O)c34)C2)ccc1F. The summed E-state index contributed by atoms with van der Waals surface area (Å²) in [6, 6.07) is 5.08. The quantitative estimate of drug-likeness (QED) is 0.696. The number of esters is 1. The Morgan fingerprint density at radius 1 is 1.48 bits per heavy atom. The Labute approximate surface area is 158 Å². The van der Waals surface area contributed by atoms with Gasteiger partial charge in [-0.1, -0.05) is 0 Å². The second-order valence-corrected chi connectivity index (χ2v) is 7.55. The van der Waals surface area contributed by atoms with E-state index < -0.39 is 5.97 Å². The van der Waals surface area contributed by atoms with Crippen LogP contribution in [0.1, 0.15) is 22.3 Å². The first kappa shape index (κ1) is 17.7. The molecule has 140 valence electrons. The van der Waals surface area contributed by atoms with Gasteiger partial charge >= 0.3 is 5.97 Å². The summed E-state index contributed by atoms with van der Waals surface area (Å²) in [6.07, 6.45) is 2.21. The molecule has 0 aliphatic carbocycles. The molecule has 4 rings (SSSR count). The lowest BCUT2D eigenvalue weighted by molar-refractivity contribution is 0.0454. The fourth-order valence-corrected chi connectivity index (χ4v) is 4.21. The van der Waals surface area contributed by atoms with E-state index in [0.717, 1.165) is 25.2 Å². The van der Waals surface area contributed by atoms with E-state index >= 15 is 0 Å². The molecule has 1 N–H and O–H groups in total. The standard InChI is InChI=1S/C19H18FN3O3S/c1-11-6-13(2-3-15(11)20)23-5-4-12(7-23)8-26-19(25)14-9-27-18-16(14)17(24)21-10-22-18/h2-3,6,9-10,12H,4-5,7-8H2,1H3,(H,21,22,24). The highest BCUT2D eigenvalue weighted by atomic mass is 32.1. The van der Waals surface area contributed by atoms with E-state index in [1.807, 2.05) is 6.07 Å². The molecule has 1 aromatic carbocycles. The topological polar surface area (TPSA) is 75.3 Å². The van der Waals surface area contributed by atoms with Gasteiger partial charge in [-0.2, -0.15) is 0 Å². The predicted octanol–water partition coefficient (Wildman–Crippen LogP) is 3.12. The van der Waals surface area contributed by atoms with Crippen molar-refractivity contribution in [2.45, 2.75) is 13.3 Å². The van der Waals surface area contributed by atoms with Crippen LogP contribution in [0.15, 0.2) is 34.7 Å². The highest BCUT2D eigenvalue weighted by Crippen LogP contribution is 2.26. The molecule has 1 aliphatic heterocycles. The third-order valence-electron chi connectivity index (χ3n) is 4.84. The Hall–Kier alpha value is -2.74. The molecular weight excluding hydrogens is 369 g/mol. The minimum Gasteiger partial charge on any atom is -0.462 e. The Morgan fingerprint density at radius 3 is 3.15 bits per heavy atom. The third-order valence-corrected chi connectivity index (χ3v) is 5.73. The van der Waals surface area contributed by atoms with E-state index in [2.05, 4.69) is 14.9 Å². The number of benzene rings is 1. The van der Waals surface area contributed by atoms with Gasteiger partial charge in [0.25, 0.3) is 5.56 Å². The fraction of sp³-hybridized carbons (Fsp3) is 0.316. The number of nitrogens with one attached hydrogen (secondary N) is 1. The molecule has 6 nitrogen and oxygen atoms in total. The Bertz CT molecular complexity index is 1060. The van der Waals surface area contributed by atoms with Crippen molar-refractivity contribution in [1.82, 2.24) is 9.97 Å². The van der Waals surface area contributed by atoms with Gasteiger partial charge < -0.3 is 14.6 Å². The van der Waals surface area contributed by atoms with Crippen LogP contribution in [0.2, 0.25) is 0 Å². The molecule has 0 spiro atoms. The van der Waals surface area contributed by atoms with E-state index in [-0.39, 0.29) is 34.9 Å². The summed E-state index contributed by atoms with van der Waals surface area (Å²) in [5.74, 6) is -0.521. The number of carbonyl (C=O) groups is 1. The van der Waals surface area contributed by atoms with Crippen molar-refractivity contribution in [3.63, 3.8) is 0 Å². The van der Waals surface area contributed by atoms with E-state index in [9.17, 15) is 14.0 Å². The van der Waals surface area contributed by atoms with Gasteiger partial charge in [0.1, 0.15) is 10.6 Å². The summed E-state index contributed by atoms with van der Waals surface area (Å²) in [5.41, 5.74) is 1.51. The number of anilines is 1. The predicted molar refractivity (Wildman–Crippen MR) is 102 cm³/mol. The van der Waals surface area contributed by atoms with Crippen LogP contribution in [0.4, 0.5) is 10.1 Å². The molecule has 2 aromatic heterocycles. The van der Waals surface area contributed by atoms with Gasteiger partial charge in [-0.05, 0) is 37.1 Å². The Kier molecular flexibility index (Phi) is 4.65. The number of rotatable bonds is 4. The number of aromatic nitrogens is 2. The Balaban J connectivity index is 1.40. The van der Waals surface area contributed by atoms with Crippen LogP contribution in [0.5, 0.6) is 0 Å². The largest absolute Gasteiger partial charge is 0.462 e. The van der Waals surface area contributed by atoms with Gasteiger partial charge in [-0.25, -0.2) is 14.2 Å². The maximum absolute atomic E-state index is 13.4. The zero-order valence-corrected chi connectivity index (χ0v) is 15.5. The van der Waals surface area contributed by atoms with Crippen LogP contribution < -0.4 is 10.5 Å². The smallest absolute Gasteiger partial charge is 0.339 e. The molecule has 0 radical (unpaired) electrons. The number of carbonyl (C=O) groups excluding carboxylic acids is 1. The third kappa shape index (κ3) is 3.44. The molecule has 1 atom stereocenters. The van der Waals surface area contributed by atoms with Gasteiger partial charge in [0.15, 0.2) is 0 Å². The van der Waals surface area contributed by atoms with Crippen molar-refractivity contribution in [3.05, 3.63) is 57.2 Å². The van der Waals surface area contributed by atoms with E-state index in [0.29, 0.717) is 10.4 Å². The number of thiophene rings is 1. The van der Waals surface area contributed by atoms with Crippen molar-refractivity contribution >= 4 is 33.2 Å². The summed E-state index contributed by atoms with van der Waals surface area (Å²) in [7, 11) is 0. The maximum atomic E-state index is 13.4. The van der Waals surface area contributed by atoms with E-state index in [4.69, 9.17) is 4.74 Å². The number of nitrogens with zero attached hydrogens (tertiary/aromatic N) is 2. The number of hydrogen-bond acceptors (Lipinski definition) is 6. The van der Waals surface area contributed by atoms with Crippen LogP contribution >= 0.6 is 11.3 Å². The van der Waals surface area contributed by atoms with Crippen LogP contribution in [-0.4, -0.2) is 35.6 Å². The highest BCUT2D eigenvalue weighted by Gasteiger charge is 2.25. The van der Waals surface area contributed by atoms with Gasteiger partial charge in [0.05, 0.1) is 23.9 Å². The molecule has 3 heterocycles. The van der Waals surface area contributed by atoms with E-state index in [1.165, 1.54) is 23.7 Å². The lowest BCUT2D eigenvalue weighted by atomic mass is 10.1. The lowest BCUT2D eigenvalue weighted by Gasteiger charge is -2.19. The van der Waals surface area contributed by atoms with Gasteiger partial charge in [0.2, 0.25) is 0 Å². The molecule has 3 aromatic rings. The number of hydrogen-bond donors (Lipinski definition) is 1. The average Bonchev–Trinajstić information content (AvgIpc) is 3.30. The fourth-order valence-electron chi connectivity index (χ4n) is 3.33. The first-order valence-corrected chi connectivity index (χ1v) is 9.54. The molecule has 1 fully saturated rings. The molecule has 0 saturated carbocycles. The van der Waals surface area contributed by atoms with Crippen LogP contribution in [0.3, 0.4) is 0 Å². The summed E-state index contributed by atoms with van der Waals surface area (Å²) in [6.45, 7) is 3.60. The number of halogens is 1. The summed E-state index contributed by atoms with van der Waals surface area (Å²) < 4.78 is 18.9. The first-order chi connectivity index (χ1) is 13.0. The van der Waals surface area contributed by atoms with E-state index in [1.54, 1.807) is 18.4 Å². The lowest BCUT2D eigenvalue weighted by Crippen LogP contribution is -2.22. The molecule has 8 heteroatoms. The summed E-state index contributed by atoms with van der Waals surface area (Å²) in [5, 5.41) is 1.89. The number of aromatic amines is 1. The minimum absolute atomic E-state index is 0.195. The second-order valence-electron chi connectivity index (χ2n) is 6.69. The van der Waals surface area contributed by atoms with Gasteiger partial charge in [-0.3, -0.25) is 4.79 Å². The minimum atomic E-state index is -0.504. The molecule has 1 saturated heterocycles. The molecule has 1 unspecified atom stereocenters. The van der Waals surface area contributed by atoms with Crippen LogP contribution in [0, 0.1) is 18.7 Å². The van der Waals surface area contributed by atoms with Crippen molar-refractivity contribution in [1.29, 1.82) is 0 Å². The molecule has 0 bridgehead atoms. The van der Waals surface area contributed by atoms with Crippen molar-refractivity contribution in [2.75, 3.05) is 24.6 Å². The monoisotopic (exact) mass is 387 g/mol. The molecule has 0 amide bonds. The average molecular weight is 387 g/mol. The summed E-state index contributed by atoms with van der Waals surface area (Å²) in [4.78, 5) is 33.6. The maximum Gasteiger partial charge on any atom is 0.339 e. The molecule has 27 heavy (non-hydrogen) atoms.